The number of amides is 1. The van der Waals surface area contributed by atoms with Crippen LogP contribution in [-0.4, -0.2) is 19.0 Å². The number of hydrogen-bond donors (Lipinski definition) is 2. The van der Waals surface area contributed by atoms with Crippen LogP contribution in [0, 0.1) is 5.41 Å². The Bertz CT molecular complexity index is 417. The Balaban J connectivity index is 2.03. The third-order valence-corrected chi connectivity index (χ3v) is 3.75. The maximum atomic E-state index is 12.2. The zero-order valence-electron chi connectivity index (χ0n) is 11.4. The zero-order chi connectivity index (χ0) is 13.2. The molecule has 18 heavy (non-hydrogen) atoms. The van der Waals surface area contributed by atoms with Gasteiger partial charge in [-0.15, -0.1) is 0 Å². The molecule has 1 heterocycles. The van der Waals surface area contributed by atoms with Crippen LogP contribution in [-0.2, 0) is 4.79 Å². The topological polar surface area (TPSA) is 41.1 Å². The smallest absolute Gasteiger partial charge is 0.231 e. The molecule has 0 aliphatic carbocycles. The lowest BCUT2D eigenvalue weighted by Gasteiger charge is -2.21. The quantitative estimate of drug-likeness (QED) is 0.861. The van der Waals surface area contributed by atoms with Gasteiger partial charge in [0, 0.05) is 12.2 Å². The molecule has 1 aliphatic heterocycles. The fourth-order valence-electron chi connectivity index (χ4n) is 2.24. The van der Waals surface area contributed by atoms with Gasteiger partial charge in [-0.25, -0.2) is 0 Å². The van der Waals surface area contributed by atoms with Gasteiger partial charge < -0.3 is 10.6 Å². The molecule has 0 bridgehead atoms. The van der Waals surface area contributed by atoms with Crippen LogP contribution >= 0.6 is 0 Å². The van der Waals surface area contributed by atoms with E-state index in [0.29, 0.717) is 5.92 Å². The van der Waals surface area contributed by atoms with Crippen LogP contribution in [0.1, 0.15) is 38.7 Å². The van der Waals surface area contributed by atoms with Crippen molar-refractivity contribution >= 4 is 11.6 Å². The largest absolute Gasteiger partial charge is 0.326 e. The Morgan fingerprint density at radius 3 is 2.50 bits per heavy atom. The Labute approximate surface area is 109 Å². The predicted molar refractivity (Wildman–Crippen MR) is 74.8 cm³/mol. The molecular formula is C15H22N2O. The lowest BCUT2D eigenvalue weighted by molar-refractivity contribution is -0.123. The zero-order valence-corrected chi connectivity index (χ0v) is 11.4. The van der Waals surface area contributed by atoms with E-state index >= 15 is 0 Å². The number of carbonyl (C=O) groups is 1. The van der Waals surface area contributed by atoms with Crippen molar-refractivity contribution in [1.29, 1.82) is 0 Å². The summed E-state index contributed by atoms with van der Waals surface area (Å²) in [5.74, 6) is 0.635. The number of anilines is 1. The second-order valence-corrected chi connectivity index (χ2v) is 5.72. The summed E-state index contributed by atoms with van der Waals surface area (Å²) in [6, 6.07) is 8.13. The fourth-order valence-corrected chi connectivity index (χ4v) is 2.24. The second kappa shape index (κ2) is 5.11. The van der Waals surface area contributed by atoms with Gasteiger partial charge >= 0.3 is 0 Å². The summed E-state index contributed by atoms with van der Waals surface area (Å²) in [5, 5.41) is 6.25. The summed E-state index contributed by atoms with van der Waals surface area (Å²) in [5.41, 5.74) is 1.91. The minimum absolute atomic E-state index is 0.116. The van der Waals surface area contributed by atoms with Crippen molar-refractivity contribution in [3.8, 4) is 0 Å². The lowest BCUT2D eigenvalue weighted by Crippen LogP contribution is -2.35. The molecule has 2 N–H and O–H groups in total. The summed E-state index contributed by atoms with van der Waals surface area (Å²) < 4.78 is 0. The van der Waals surface area contributed by atoms with Crippen LogP contribution in [0.25, 0.3) is 0 Å². The Morgan fingerprint density at radius 2 is 2.00 bits per heavy atom. The van der Waals surface area contributed by atoms with E-state index in [1.54, 1.807) is 0 Å². The van der Waals surface area contributed by atoms with Crippen LogP contribution in [0.15, 0.2) is 24.3 Å². The maximum Gasteiger partial charge on any atom is 0.231 e. The van der Waals surface area contributed by atoms with Crippen molar-refractivity contribution in [2.24, 2.45) is 5.41 Å². The van der Waals surface area contributed by atoms with E-state index in [-0.39, 0.29) is 11.3 Å². The van der Waals surface area contributed by atoms with E-state index in [0.717, 1.165) is 25.2 Å². The first-order chi connectivity index (χ1) is 8.51. The third kappa shape index (κ3) is 2.72. The molecule has 1 fully saturated rings. The molecule has 1 aromatic carbocycles. The third-order valence-electron chi connectivity index (χ3n) is 3.75. The molecule has 1 saturated heterocycles. The normalized spacial score (nSPS) is 23.3. The summed E-state index contributed by atoms with van der Waals surface area (Å²) >= 11 is 0. The number of benzene rings is 1. The average Bonchev–Trinajstić information content (AvgIpc) is 2.78. The first-order valence-electron chi connectivity index (χ1n) is 6.63. The monoisotopic (exact) mass is 246 g/mol. The van der Waals surface area contributed by atoms with Crippen LogP contribution in [0.5, 0.6) is 0 Å². The molecule has 1 aliphatic rings. The molecule has 1 unspecified atom stereocenters. The van der Waals surface area contributed by atoms with E-state index in [9.17, 15) is 4.79 Å². The Kier molecular flexibility index (Phi) is 3.71. The molecule has 3 nitrogen and oxygen atoms in total. The Morgan fingerprint density at radius 1 is 1.33 bits per heavy atom. The van der Waals surface area contributed by atoms with Crippen molar-refractivity contribution in [1.82, 2.24) is 5.32 Å². The van der Waals surface area contributed by atoms with Crippen molar-refractivity contribution in [3.05, 3.63) is 29.8 Å². The molecular weight excluding hydrogens is 224 g/mol. The first kappa shape index (κ1) is 13.1. The van der Waals surface area contributed by atoms with Crippen molar-refractivity contribution in [2.45, 2.75) is 33.1 Å². The van der Waals surface area contributed by atoms with Crippen molar-refractivity contribution in [3.63, 3.8) is 0 Å². The van der Waals surface area contributed by atoms with Gasteiger partial charge in [0.25, 0.3) is 0 Å². The molecule has 0 aromatic heterocycles. The van der Waals surface area contributed by atoms with Gasteiger partial charge in [0.2, 0.25) is 5.91 Å². The molecule has 1 aromatic rings. The number of nitrogens with one attached hydrogen (secondary N) is 2. The summed E-state index contributed by atoms with van der Waals surface area (Å²) in [7, 11) is 0. The van der Waals surface area contributed by atoms with E-state index in [4.69, 9.17) is 0 Å². The molecule has 0 radical (unpaired) electrons. The predicted octanol–water partition coefficient (Wildman–Crippen LogP) is 2.75. The molecule has 3 heteroatoms. The van der Waals surface area contributed by atoms with Gasteiger partial charge in [-0.2, -0.15) is 0 Å². The highest BCUT2D eigenvalue weighted by Gasteiger charge is 2.36. The molecule has 2 rings (SSSR count). The van der Waals surface area contributed by atoms with Gasteiger partial charge in [-0.3, -0.25) is 4.79 Å². The van der Waals surface area contributed by atoms with Gasteiger partial charge in [0.15, 0.2) is 0 Å². The highest BCUT2D eigenvalue weighted by molar-refractivity contribution is 5.95. The molecule has 0 spiro atoms. The summed E-state index contributed by atoms with van der Waals surface area (Å²) in [4.78, 5) is 12.2. The van der Waals surface area contributed by atoms with Gasteiger partial charge in [0.1, 0.15) is 0 Å². The standard InChI is InChI=1S/C15H22N2O/c1-11(2)12-4-6-13(7-5-12)17-14(18)15(3)8-9-16-10-15/h4-7,11,16H,8-10H2,1-3H3,(H,17,18). The van der Waals surface area contributed by atoms with Gasteiger partial charge in [0.05, 0.1) is 5.41 Å². The molecule has 0 saturated carbocycles. The maximum absolute atomic E-state index is 12.2. The number of hydrogen-bond acceptors (Lipinski definition) is 2. The van der Waals surface area contributed by atoms with E-state index in [1.807, 2.05) is 19.1 Å². The van der Waals surface area contributed by atoms with E-state index in [1.165, 1.54) is 5.56 Å². The Hall–Kier alpha value is -1.35. The average molecular weight is 246 g/mol. The second-order valence-electron chi connectivity index (χ2n) is 5.72. The van der Waals surface area contributed by atoms with Crippen molar-refractivity contribution in [2.75, 3.05) is 18.4 Å². The number of carbonyl (C=O) groups excluding carboxylic acids is 1. The van der Waals surface area contributed by atoms with E-state index in [2.05, 4.69) is 36.6 Å². The van der Waals surface area contributed by atoms with Crippen LogP contribution < -0.4 is 10.6 Å². The SMILES string of the molecule is CC(C)c1ccc(NC(=O)C2(C)CCNC2)cc1. The van der Waals surface area contributed by atoms with Crippen molar-refractivity contribution < 1.29 is 4.79 Å². The van der Waals surface area contributed by atoms with Crippen LogP contribution in [0.3, 0.4) is 0 Å². The summed E-state index contributed by atoms with van der Waals surface area (Å²) in [6.45, 7) is 8.04. The molecule has 98 valence electrons. The summed E-state index contributed by atoms with van der Waals surface area (Å²) in [6.07, 6.45) is 0.906. The minimum atomic E-state index is -0.267. The highest BCUT2D eigenvalue weighted by Crippen LogP contribution is 2.26. The van der Waals surface area contributed by atoms with Gasteiger partial charge in [-0.05, 0) is 43.5 Å². The van der Waals surface area contributed by atoms with Crippen LogP contribution in [0.2, 0.25) is 0 Å². The minimum Gasteiger partial charge on any atom is -0.326 e. The molecule has 1 atom stereocenters. The lowest BCUT2D eigenvalue weighted by atomic mass is 9.88. The van der Waals surface area contributed by atoms with Gasteiger partial charge in [-0.1, -0.05) is 26.0 Å². The highest BCUT2D eigenvalue weighted by atomic mass is 16.2. The van der Waals surface area contributed by atoms with Crippen LogP contribution in [0.4, 0.5) is 5.69 Å². The van der Waals surface area contributed by atoms with E-state index < -0.39 is 0 Å². The molecule has 1 amide bonds. The fraction of sp³-hybridized carbons (Fsp3) is 0.533. The first-order valence-corrected chi connectivity index (χ1v) is 6.63. The number of rotatable bonds is 3.